The van der Waals surface area contributed by atoms with Crippen LogP contribution in [-0.4, -0.2) is 10.9 Å². The van der Waals surface area contributed by atoms with Gasteiger partial charge in [-0.2, -0.15) is 5.26 Å². The second-order valence-electron chi connectivity index (χ2n) is 5.48. The second kappa shape index (κ2) is 7.88. The van der Waals surface area contributed by atoms with Gasteiger partial charge < -0.3 is 19.1 Å². The van der Waals surface area contributed by atoms with E-state index in [2.05, 4.69) is 11.4 Å². The minimum Gasteiger partial charge on any atom is -0.467 e. The largest absolute Gasteiger partial charge is 0.467 e. The molecule has 3 aromatic rings. The standard InChI is InChI=1S/C19H17N3O3/c20-11-15-5-7-16(8-6-15)12-21-19(23)22(13-17-3-1-9-24-17)14-18-4-2-10-25-18/h1-10H,12-14H2,(H,21,23). The molecule has 2 aromatic heterocycles. The van der Waals surface area contributed by atoms with Crippen molar-refractivity contribution in [2.24, 2.45) is 0 Å². The molecule has 0 aliphatic carbocycles. The van der Waals surface area contributed by atoms with Crippen LogP contribution < -0.4 is 5.32 Å². The Morgan fingerprint density at radius 2 is 1.60 bits per heavy atom. The third-order valence-corrected chi connectivity index (χ3v) is 3.67. The number of rotatable bonds is 6. The summed E-state index contributed by atoms with van der Waals surface area (Å²) in [6, 6.07) is 16.2. The lowest BCUT2D eigenvalue weighted by Crippen LogP contribution is -2.38. The Bertz CT molecular complexity index is 795. The van der Waals surface area contributed by atoms with Gasteiger partial charge in [-0.1, -0.05) is 12.1 Å². The Morgan fingerprint density at radius 3 is 2.08 bits per heavy atom. The van der Waals surface area contributed by atoms with Gasteiger partial charge in [0.1, 0.15) is 11.5 Å². The van der Waals surface area contributed by atoms with E-state index in [1.807, 2.05) is 24.3 Å². The lowest BCUT2D eigenvalue weighted by atomic mass is 10.1. The van der Waals surface area contributed by atoms with Crippen LogP contribution in [0.2, 0.25) is 0 Å². The van der Waals surface area contributed by atoms with E-state index in [1.54, 1.807) is 41.7 Å². The van der Waals surface area contributed by atoms with Gasteiger partial charge in [0.15, 0.2) is 0 Å². The summed E-state index contributed by atoms with van der Waals surface area (Å²) >= 11 is 0. The van der Waals surface area contributed by atoms with Crippen molar-refractivity contribution < 1.29 is 13.6 Å². The minimum atomic E-state index is -0.225. The predicted molar refractivity (Wildman–Crippen MR) is 90.1 cm³/mol. The van der Waals surface area contributed by atoms with Gasteiger partial charge in [0, 0.05) is 6.54 Å². The zero-order valence-electron chi connectivity index (χ0n) is 13.5. The van der Waals surface area contributed by atoms with Crippen LogP contribution in [0.1, 0.15) is 22.6 Å². The minimum absolute atomic E-state index is 0.225. The Kier molecular flexibility index (Phi) is 5.17. The van der Waals surface area contributed by atoms with E-state index in [1.165, 1.54) is 0 Å². The maximum atomic E-state index is 12.6. The predicted octanol–water partition coefficient (Wildman–Crippen LogP) is 3.66. The van der Waals surface area contributed by atoms with E-state index in [9.17, 15) is 4.79 Å². The van der Waals surface area contributed by atoms with Crippen molar-refractivity contribution in [3.8, 4) is 6.07 Å². The molecule has 6 nitrogen and oxygen atoms in total. The third-order valence-electron chi connectivity index (χ3n) is 3.67. The smallest absolute Gasteiger partial charge is 0.318 e. The van der Waals surface area contributed by atoms with E-state index >= 15 is 0 Å². The Balaban J connectivity index is 1.64. The SMILES string of the molecule is N#Cc1ccc(CNC(=O)N(Cc2ccco2)Cc2ccco2)cc1. The molecule has 0 saturated heterocycles. The first kappa shape index (κ1) is 16.4. The number of nitriles is 1. The van der Waals surface area contributed by atoms with E-state index < -0.39 is 0 Å². The Labute approximate surface area is 145 Å². The molecule has 25 heavy (non-hydrogen) atoms. The number of urea groups is 1. The maximum Gasteiger partial charge on any atom is 0.318 e. The molecule has 3 rings (SSSR count). The van der Waals surface area contributed by atoms with Crippen LogP contribution in [-0.2, 0) is 19.6 Å². The van der Waals surface area contributed by atoms with Crippen molar-refractivity contribution in [1.29, 1.82) is 5.26 Å². The molecular weight excluding hydrogens is 318 g/mol. The van der Waals surface area contributed by atoms with Gasteiger partial charge in [-0.05, 0) is 42.0 Å². The summed E-state index contributed by atoms with van der Waals surface area (Å²) in [6.07, 6.45) is 3.16. The zero-order valence-corrected chi connectivity index (χ0v) is 13.5. The normalized spacial score (nSPS) is 10.2. The first-order chi connectivity index (χ1) is 12.2. The Morgan fingerprint density at radius 1 is 1.00 bits per heavy atom. The molecule has 1 aromatic carbocycles. The highest BCUT2D eigenvalue weighted by molar-refractivity contribution is 5.74. The van der Waals surface area contributed by atoms with E-state index in [4.69, 9.17) is 14.1 Å². The summed E-state index contributed by atoms with van der Waals surface area (Å²) in [7, 11) is 0. The monoisotopic (exact) mass is 335 g/mol. The molecule has 0 radical (unpaired) electrons. The van der Waals surface area contributed by atoms with E-state index in [-0.39, 0.29) is 6.03 Å². The molecule has 0 unspecified atom stereocenters. The highest BCUT2D eigenvalue weighted by Crippen LogP contribution is 2.12. The van der Waals surface area contributed by atoms with Crippen LogP contribution in [0.3, 0.4) is 0 Å². The van der Waals surface area contributed by atoms with Crippen molar-refractivity contribution in [2.45, 2.75) is 19.6 Å². The number of nitrogens with one attached hydrogen (secondary N) is 1. The van der Waals surface area contributed by atoms with Crippen molar-refractivity contribution in [3.63, 3.8) is 0 Å². The molecule has 1 N–H and O–H groups in total. The molecule has 2 heterocycles. The molecule has 0 fully saturated rings. The van der Waals surface area contributed by atoms with Crippen LogP contribution in [0.5, 0.6) is 0 Å². The molecular formula is C19H17N3O3. The number of amides is 2. The zero-order chi connectivity index (χ0) is 17.5. The van der Waals surface area contributed by atoms with Crippen LogP contribution >= 0.6 is 0 Å². The van der Waals surface area contributed by atoms with Crippen molar-refractivity contribution in [1.82, 2.24) is 10.2 Å². The van der Waals surface area contributed by atoms with Crippen molar-refractivity contribution in [2.75, 3.05) is 0 Å². The van der Waals surface area contributed by atoms with Crippen LogP contribution in [0.15, 0.2) is 69.9 Å². The fourth-order valence-electron chi connectivity index (χ4n) is 2.37. The number of hydrogen-bond acceptors (Lipinski definition) is 4. The Hall–Kier alpha value is -3.46. The number of furan rings is 2. The number of carbonyl (C=O) groups excluding carboxylic acids is 1. The lowest BCUT2D eigenvalue weighted by molar-refractivity contribution is 0.181. The van der Waals surface area contributed by atoms with Gasteiger partial charge in [0.25, 0.3) is 0 Å². The van der Waals surface area contributed by atoms with Crippen molar-refractivity contribution in [3.05, 3.63) is 83.7 Å². The van der Waals surface area contributed by atoms with Gasteiger partial charge in [0.2, 0.25) is 0 Å². The maximum absolute atomic E-state index is 12.6. The van der Waals surface area contributed by atoms with Crippen molar-refractivity contribution >= 4 is 6.03 Å². The summed E-state index contributed by atoms with van der Waals surface area (Å²) in [5.74, 6) is 1.39. The fraction of sp³-hybridized carbons (Fsp3) is 0.158. The summed E-state index contributed by atoms with van der Waals surface area (Å²) < 4.78 is 10.7. The first-order valence-corrected chi connectivity index (χ1v) is 7.81. The summed E-state index contributed by atoms with van der Waals surface area (Å²) in [5, 5.41) is 11.7. The molecule has 126 valence electrons. The van der Waals surface area contributed by atoms with Crippen LogP contribution in [0.4, 0.5) is 4.79 Å². The molecule has 0 bridgehead atoms. The van der Waals surface area contributed by atoms with E-state index in [0.29, 0.717) is 36.7 Å². The molecule has 0 aliphatic rings. The first-order valence-electron chi connectivity index (χ1n) is 7.81. The molecule has 2 amide bonds. The topological polar surface area (TPSA) is 82.4 Å². The molecule has 0 atom stereocenters. The fourth-order valence-corrected chi connectivity index (χ4v) is 2.37. The lowest BCUT2D eigenvalue weighted by Gasteiger charge is -2.21. The molecule has 0 aliphatic heterocycles. The second-order valence-corrected chi connectivity index (χ2v) is 5.48. The average molecular weight is 335 g/mol. The highest BCUT2D eigenvalue weighted by Gasteiger charge is 2.17. The number of benzene rings is 1. The van der Waals surface area contributed by atoms with Gasteiger partial charge in [-0.25, -0.2) is 4.79 Å². The van der Waals surface area contributed by atoms with Gasteiger partial charge in [-0.3, -0.25) is 0 Å². The quantitative estimate of drug-likeness (QED) is 0.745. The van der Waals surface area contributed by atoms with Gasteiger partial charge >= 0.3 is 6.03 Å². The summed E-state index contributed by atoms with van der Waals surface area (Å²) in [5.41, 5.74) is 1.51. The summed E-state index contributed by atoms with van der Waals surface area (Å²) in [6.45, 7) is 1.05. The molecule has 6 heteroatoms. The molecule has 0 saturated carbocycles. The van der Waals surface area contributed by atoms with Gasteiger partial charge in [-0.15, -0.1) is 0 Å². The average Bonchev–Trinajstić information content (AvgIpc) is 3.33. The number of carbonyl (C=O) groups is 1. The van der Waals surface area contributed by atoms with Gasteiger partial charge in [0.05, 0.1) is 37.2 Å². The van der Waals surface area contributed by atoms with E-state index in [0.717, 1.165) is 5.56 Å². The third kappa shape index (κ3) is 4.52. The van der Waals surface area contributed by atoms with Crippen LogP contribution in [0, 0.1) is 11.3 Å². The summed E-state index contributed by atoms with van der Waals surface area (Å²) in [4.78, 5) is 14.2. The highest BCUT2D eigenvalue weighted by atomic mass is 16.3. The number of nitrogens with zero attached hydrogens (tertiary/aromatic N) is 2. The molecule has 0 spiro atoms. The number of hydrogen-bond donors (Lipinski definition) is 1. The van der Waals surface area contributed by atoms with Crippen LogP contribution in [0.25, 0.3) is 0 Å².